The summed E-state index contributed by atoms with van der Waals surface area (Å²) in [6.45, 7) is 0. The molecule has 3 nitrogen and oxygen atoms in total. The molecule has 5 heteroatoms. The standard InChI is InChI=1S/C4H5BrClN3/c5-9-2-3(6)8-1-4(9)7/h1-2,4H,7H2. The molecule has 9 heavy (non-hydrogen) atoms. The lowest BCUT2D eigenvalue weighted by Crippen LogP contribution is -2.34. The molecule has 0 fully saturated rings. The van der Waals surface area contributed by atoms with Gasteiger partial charge in [-0.1, -0.05) is 11.6 Å². The third-order valence-corrected chi connectivity index (χ3v) is 1.74. The highest BCUT2D eigenvalue weighted by Crippen LogP contribution is 2.13. The number of halogens is 2. The van der Waals surface area contributed by atoms with Crippen molar-refractivity contribution in [3.63, 3.8) is 0 Å². The molecule has 1 rings (SSSR count). The van der Waals surface area contributed by atoms with Gasteiger partial charge in [-0.2, -0.15) is 0 Å². The maximum Gasteiger partial charge on any atom is 0.145 e. The van der Waals surface area contributed by atoms with Crippen molar-refractivity contribution in [2.75, 3.05) is 0 Å². The second kappa shape index (κ2) is 2.68. The monoisotopic (exact) mass is 209 g/mol. The molecule has 1 heterocycles. The zero-order valence-corrected chi connectivity index (χ0v) is 6.80. The van der Waals surface area contributed by atoms with Crippen molar-refractivity contribution >= 4 is 34.0 Å². The van der Waals surface area contributed by atoms with E-state index in [1.165, 1.54) is 0 Å². The Hall–Kier alpha value is -0.0600. The minimum Gasteiger partial charge on any atom is -0.306 e. The second-order valence-electron chi connectivity index (χ2n) is 1.56. The van der Waals surface area contributed by atoms with Crippen LogP contribution in [0.3, 0.4) is 0 Å². The summed E-state index contributed by atoms with van der Waals surface area (Å²) < 4.78 is 1.60. The van der Waals surface area contributed by atoms with E-state index in [0.717, 1.165) is 0 Å². The predicted molar refractivity (Wildman–Crippen MR) is 41.2 cm³/mol. The Bertz CT molecular complexity index is 167. The van der Waals surface area contributed by atoms with Crippen molar-refractivity contribution in [2.24, 2.45) is 10.7 Å². The van der Waals surface area contributed by atoms with Crippen LogP contribution in [0.4, 0.5) is 0 Å². The Morgan fingerprint density at radius 3 is 3.00 bits per heavy atom. The normalized spacial score (nSPS) is 26.3. The fourth-order valence-corrected chi connectivity index (χ4v) is 1.01. The van der Waals surface area contributed by atoms with E-state index in [4.69, 9.17) is 17.3 Å². The first-order valence-electron chi connectivity index (χ1n) is 2.31. The Morgan fingerprint density at radius 1 is 1.89 bits per heavy atom. The smallest absolute Gasteiger partial charge is 0.145 e. The summed E-state index contributed by atoms with van der Waals surface area (Å²) in [5, 5.41) is 0.425. The average Bonchev–Trinajstić information content (AvgIpc) is 1.80. The molecular formula is C4H5BrClN3. The zero-order chi connectivity index (χ0) is 6.85. The minimum atomic E-state index is -0.215. The van der Waals surface area contributed by atoms with Gasteiger partial charge >= 0.3 is 0 Å². The highest BCUT2D eigenvalue weighted by Gasteiger charge is 2.09. The number of nitrogens with zero attached hydrogens (tertiary/aromatic N) is 2. The number of nitrogens with two attached hydrogens (primary N) is 1. The van der Waals surface area contributed by atoms with Gasteiger partial charge in [-0.25, -0.2) is 4.99 Å². The Labute approximate surface area is 66.5 Å². The fraction of sp³-hybridized carbons (Fsp3) is 0.250. The topological polar surface area (TPSA) is 41.6 Å². The first-order valence-corrected chi connectivity index (χ1v) is 3.40. The fourth-order valence-electron chi connectivity index (χ4n) is 0.432. The maximum absolute atomic E-state index is 5.51. The Morgan fingerprint density at radius 2 is 2.56 bits per heavy atom. The van der Waals surface area contributed by atoms with Gasteiger partial charge in [0.1, 0.15) is 11.3 Å². The highest BCUT2D eigenvalue weighted by atomic mass is 79.9. The highest BCUT2D eigenvalue weighted by molar-refractivity contribution is 9.07. The van der Waals surface area contributed by atoms with Crippen LogP contribution >= 0.6 is 27.7 Å². The van der Waals surface area contributed by atoms with E-state index in [1.807, 2.05) is 0 Å². The van der Waals surface area contributed by atoms with Crippen LogP contribution in [0.5, 0.6) is 0 Å². The van der Waals surface area contributed by atoms with E-state index in [1.54, 1.807) is 16.3 Å². The van der Waals surface area contributed by atoms with Crippen LogP contribution in [0.15, 0.2) is 16.3 Å². The van der Waals surface area contributed by atoms with Gasteiger partial charge in [0.2, 0.25) is 0 Å². The van der Waals surface area contributed by atoms with Gasteiger partial charge in [0, 0.05) is 6.21 Å². The molecule has 0 aromatic rings. The molecule has 0 amide bonds. The Kier molecular flexibility index (Phi) is 2.10. The van der Waals surface area contributed by atoms with Crippen molar-refractivity contribution in [1.82, 2.24) is 3.93 Å². The summed E-state index contributed by atoms with van der Waals surface area (Å²) >= 11 is 8.66. The average molecular weight is 210 g/mol. The molecule has 1 aliphatic heterocycles. The summed E-state index contributed by atoms with van der Waals surface area (Å²) in [5.74, 6) is 0. The third kappa shape index (κ3) is 1.67. The van der Waals surface area contributed by atoms with Crippen LogP contribution in [-0.2, 0) is 0 Å². The molecule has 2 N–H and O–H groups in total. The van der Waals surface area contributed by atoms with Gasteiger partial charge in [0.15, 0.2) is 0 Å². The lowest BCUT2D eigenvalue weighted by molar-refractivity contribution is 0.576. The van der Waals surface area contributed by atoms with Crippen LogP contribution in [0.1, 0.15) is 0 Å². The molecule has 50 valence electrons. The number of rotatable bonds is 0. The lowest BCUT2D eigenvalue weighted by atomic mass is 10.5. The van der Waals surface area contributed by atoms with Crippen molar-refractivity contribution in [1.29, 1.82) is 0 Å². The molecule has 1 aliphatic rings. The molecule has 0 bridgehead atoms. The van der Waals surface area contributed by atoms with E-state index >= 15 is 0 Å². The summed E-state index contributed by atoms with van der Waals surface area (Å²) in [6.07, 6.45) is 2.94. The number of hydrogen-bond donors (Lipinski definition) is 1. The third-order valence-electron chi connectivity index (χ3n) is 0.865. The van der Waals surface area contributed by atoms with Crippen molar-refractivity contribution in [2.45, 2.75) is 6.17 Å². The summed E-state index contributed by atoms with van der Waals surface area (Å²) in [7, 11) is 0. The van der Waals surface area contributed by atoms with Crippen molar-refractivity contribution in [3.8, 4) is 0 Å². The van der Waals surface area contributed by atoms with Crippen LogP contribution in [0, 0.1) is 0 Å². The second-order valence-corrected chi connectivity index (χ2v) is 2.77. The van der Waals surface area contributed by atoms with Gasteiger partial charge in [0.25, 0.3) is 0 Å². The molecule has 0 aliphatic carbocycles. The van der Waals surface area contributed by atoms with Gasteiger partial charge < -0.3 is 5.73 Å². The van der Waals surface area contributed by atoms with Gasteiger partial charge in [-0.3, -0.25) is 3.93 Å². The zero-order valence-electron chi connectivity index (χ0n) is 4.46. The molecule has 0 saturated carbocycles. The molecule has 0 radical (unpaired) electrons. The van der Waals surface area contributed by atoms with E-state index in [-0.39, 0.29) is 6.17 Å². The van der Waals surface area contributed by atoms with Gasteiger partial charge in [0.05, 0.1) is 22.3 Å². The van der Waals surface area contributed by atoms with Gasteiger partial charge in [-0.15, -0.1) is 0 Å². The molecule has 0 saturated heterocycles. The van der Waals surface area contributed by atoms with E-state index in [0.29, 0.717) is 5.16 Å². The molecule has 0 aromatic heterocycles. The first kappa shape index (κ1) is 7.05. The minimum absolute atomic E-state index is 0.215. The van der Waals surface area contributed by atoms with E-state index in [2.05, 4.69) is 21.1 Å². The van der Waals surface area contributed by atoms with Gasteiger partial charge in [-0.05, 0) is 0 Å². The SMILES string of the molecule is NC1C=NC(Cl)=CN1Br. The van der Waals surface area contributed by atoms with Crippen LogP contribution in [-0.4, -0.2) is 16.3 Å². The van der Waals surface area contributed by atoms with E-state index < -0.39 is 0 Å². The molecule has 0 spiro atoms. The molecule has 0 aromatic carbocycles. The Balaban J connectivity index is 2.70. The first-order chi connectivity index (χ1) is 4.20. The largest absolute Gasteiger partial charge is 0.306 e. The summed E-state index contributed by atoms with van der Waals surface area (Å²) in [5.41, 5.74) is 5.47. The number of aliphatic imine (C=N–C) groups is 1. The molecular weight excluding hydrogens is 205 g/mol. The van der Waals surface area contributed by atoms with Crippen LogP contribution < -0.4 is 5.73 Å². The maximum atomic E-state index is 5.51. The lowest BCUT2D eigenvalue weighted by Gasteiger charge is -2.18. The quantitative estimate of drug-likeness (QED) is 0.479. The van der Waals surface area contributed by atoms with Crippen LogP contribution in [0.2, 0.25) is 0 Å². The van der Waals surface area contributed by atoms with Crippen LogP contribution in [0.25, 0.3) is 0 Å². The van der Waals surface area contributed by atoms with Crippen molar-refractivity contribution < 1.29 is 0 Å². The molecule has 1 atom stereocenters. The molecule has 1 unspecified atom stereocenters. The number of hydrogen-bond acceptors (Lipinski definition) is 3. The van der Waals surface area contributed by atoms with Crippen molar-refractivity contribution in [3.05, 3.63) is 11.4 Å². The van der Waals surface area contributed by atoms with E-state index in [9.17, 15) is 0 Å². The summed E-state index contributed by atoms with van der Waals surface area (Å²) in [6, 6.07) is 0. The predicted octanol–water partition coefficient (Wildman–Crippen LogP) is 1.01. The summed E-state index contributed by atoms with van der Waals surface area (Å²) in [4.78, 5) is 3.77.